The fourth-order valence-corrected chi connectivity index (χ4v) is 14.0. The Morgan fingerprint density at radius 3 is 1.41 bits per heavy atom. The van der Waals surface area contributed by atoms with Crippen LogP contribution in [0, 0.1) is 0 Å². The zero-order valence-electron chi connectivity index (χ0n) is 61.3. The molecule has 0 bridgehead atoms. The third kappa shape index (κ3) is 11.3. The van der Waals surface area contributed by atoms with E-state index in [9.17, 15) is 5.48 Å². The first-order valence-corrected chi connectivity index (χ1v) is 32.4. The lowest BCUT2D eigenvalue weighted by molar-refractivity contribution is 0.483. The minimum atomic E-state index is -0.335. The van der Waals surface area contributed by atoms with Crippen molar-refractivity contribution in [1.29, 1.82) is 0 Å². The fourth-order valence-electron chi connectivity index (χ4n) is 14.0. The number of benzene rings is 11. The first kappa shape index (κ1) is 53.4. The van der Waals surface area contributed by atoms with Gasteiger partial charge in [-0.3, -0.25) is 4.57 Å². The Morgan fingerprint density at radius 1 is 0.387 bits per heavy atom. The highest BCUT2D eigenvalue weighted by Crippen LogP contribution is 2.59. The van der Waals surface area contributed by atoms with Crippen LogP contribution in [0.2, 0.25) is 0 Å². The van der Waals surface area contributed by atoms with E-state index < -0.39 is 0 Å². The number of rotatable bonds is 11. The predicted octanol–water partition coefficient (Wildman–Crippen LogP) is 24.4. The van der Waals surface area contributed by atoms with Gasteiger partial charge in [-0.2, -0.15) is 0 Å². The van der Waals surface area contributed by atoms with E-state index in [4.69, 9.17) is 12.5 Å². The van der Waals surface area contributed by atoms with Gasteiger partial charge in [0.05, 0.1) is 36.3 Å². The van der Waals surface area contributed by atoms with Gasteiger partial charge >= 0.3 is 0 Å². The van der Waals surface area contributed by atoms with Crippen molar-refractivity contribution in [2.24, 2.45) is 0 Å². The number of para-hydroxylation sites is 3. The molecule has 0 N–H and O–H groups in total. The summed E-state index contributed by atoms with van der Waals surface area (Å²) in [4.78, 5) is 9.82. The maximum atomic E-state index is 10.5. The van der Waals surface area contributed by atoms with Gasteiger partial charge in [0.2, 0.25) is 0 Å². The van der Waals surface area contributed by atoms with Crippen molar-refractivity contribution in [2.45, 2.75) is 105 Å². The average Bonchev–Trinajstić information content (AvgIpc) is 1.65. The van der Waals surface area contributed by atoms with Gasteiger partial charge in [0.15, 0.2) is 0 Å². The quantitative estimate of drug-likeness (QED) is 0.129. The summed E-state index contributed by atoms with van der Waals surface area (Å²) in [5.74, 6) is 1.42. The Balaban J connectivity index is 1.08. The molecule has 0 atom stereocenters. The van der Waals surface area contributed by atoms with Crippen LogP contribution in [0.25, 0.3) is 94.4 Å². The number of anilines is 4. The number of fused-ring (bicyclic) bond motifs is 4. The average molecular weight is 1220 g/mol. The Bertz CT molecular complexity index is 5150. The Hall–Kier alpha value is -10.2. The van der Waals surface area contributed by atoms with Crippen LogP contribution in [0.15, 0.2) is 267 Å². The number of hydrogen-bond donors (Lipinski definition) is 0. The van der Waals surface area contributed by atoms with Gasteiger partial charge in [-0.15, -0.1) is 0 Å². The van der Waals surface area contributed by atoms with E-state index in [-0.39, 0.29) is 57.9 Å². The fraction of sp³-hybridized carbons (Fsp3) is 0.193. The van der Waals surface area contributed by atoms with E-state index in [1.54, 1.807) is 6.20 Å². The van der Waals surface area contributed by atoms with E-state index in [0.29, 0.717) is 73.6 Å². The van der Waals surface area contributed by atoms with Gasteiger partial charge in [-0.05, 0) is 166 Å². The molecule has 11 aromatic carbocycles. The molecule has 0 aliphatic carbocycles. The molecule has 5 nitrogen and oxygen atoms in total. The molecule has 0 amide bonds. The second kappa shape index (κ2) is 23.5. The topological polar surface area (TPSA) is 33.5 Å². The first-order chi connectivity index (χ1) is 47.2. The molecule has 14 rings (SSSR count). The molecule has 0 radical (unpaired) electrons. The lowest BCUT2D eigenvalue weighted by Gasteiger charge is -2.42. The largest absolute Gasteiger partial charge is 0.457 e. The second-order valence-corrected chi connectivity index (χ2v) is 28.7. The van der Waals surface area contributed by atoms with E-state index in [2.05, 4.69) is 214 Å². The molecule has 0 saturated carbocycles. The smallest absolute Gasteiger partial charge is 0.137 e. The minimum absolute atomic E-state index is 0.141. The summed E-state index contributed by atoms with van der Waals surface area (Å²) in [5.41, 5.74) is 18.8. The second-order valence-electron chi connectivity index (χ2n) is 28.7. The molecule has 3 heterocycles. The molecular weight excluding hydrogens is 1130 g/mol. The number of hydrogen-bond acceptors (Lipinski definition) is 4. The summed E-state index contributed by atoms with van der Waals surface area (Å²) < 4.78 is 67.0. The molecule has 460 valence electrons. The highest BCUT2D eigenvalue weighted by atomic mass is 16.5. The molecule has 93 heavy (non-hydrogen) atoms. The Labute approximate surface area is 558 Å². The lowest BCUT2D eigenvalue weighted by Crippen LogP contribution is -2.32. The van der Waals surface area contributed by atoms with E-state index in [1.165, 1.54) is 27.8 Å². The first-order valence-electron chi connectivity index (χ1n) is 35.4. The summed E-state index contributed by atoms with van der Waals surface area (Å²) in [6.07, 6.45) is 1.76. The van der Waals surface area contributed by atoms with Crippen molar-refractivity contribution in [1.82, 2.24) is 9.55 Å². The molecule has 0 unspecified atom stereocenters. The standard InChI is InChI=1S/C88H82N4O/c1-85(2,3)65-48-49-89-77(54-65)92-73-43-29-28-42-69(73)70-47-46-67(56-76(70)92)93-68-51-64(78-71(59-34-20-14-21-35-59)52-63(58-32-18-13-19-33-58)53-72(78)60-36-22-15-23-37-60)50-66(55-68)90-57-91(75-45-31-30-44-74(75)90)84-79(61-38-24-16-25-39-61)81(86(4,5)6)83(88(10,11)12)82(87(7,8)9)80(84)62-40-26-17-27-41-62/h13-56H,57H2,1-12H3/i28D,29D,42D,43D,52D,53D. The van der Waals surface area contributed by atoms with E-state index >= 15 is 0 Å². The SMILES string of the molecule is [2H]c1c(-c2ccccc2)c([2H])c(-c2ccccc2)c(-c2cc(Oc3ccc4c5c([2H])c([2H])c([2H])c([2H])c5n(-c5cc(C(C)(C)C)ccn5)c4c3)cc(N3CN(c4c(-c5ccccc5)c(C(C)(C)C)c(C(C)(C)C)c(C(C)(C)C)c4-c4ccccc4)c4ccccc43)c2)c1-c1ccccc1. The maximum Gasteiger partial charge on any atom is 0.137 e. The Kier molecular flexibility index (Phi) is 13.5. The lowest BCUT2D eigenvalue weighted by atomic mass is 9.64. The monoisotopic (exact) mass is 1220 g/mol. The number of ether oxygens (including phenoxy) is 1. The van der Waals surface area contributed by atoms with Crippen LogP contribution in [0.4, 0.5) is 22.7 Å². The molecule has 1 aliphatic heterocycles. The van der Waals surface area contributed by atoms with Crippen molar-refractivity contribution < 1.29 is 13.0 Å². The zero-order valence-corrected chi connectivity index (χ0v) is 55.3. The van der Waals surface area contributed by atoms with Crippen molar-refractivity contribution in [3.63, 3.8) is 0 Å². The molecule has 0 spiro atoms. The molecule has 0 saturated heterocycles. The van der Waals surface area contributed by atoms with Crippen LogP contribution in [-0.2, 0) is 21.7 Å². The third-order valence-electron chi connectivity index (χ3n) is 18.0. The van der Waals surface area contributed by atoms with Gasteiger partial charge in [-0.1, -0.05) is 265 Å². The van der Waals surface area contributed by atoms with Crippen molar-refractivity contribution in [2.75, 3.05) is 16.5 Å². The van der Waals surface area contributed by atoms with Crippen LogP contribution in [0.3, 0.4) is 0 Å². The van der Waals surface area contributed by atoms with Crippen molar-refractivity contribution >= 4 is 44.6 Å². The van der Waals surface area contributed by atoms with Crippen LogP contribution in [0.1, 0.15) is 114 Å². The highest BCUT2D eigenvalue weighted by molar-refractivity contribution is 6.10. The Morgan fingerprint density at radius 2 is 0.882 bits per heavy atom. The van der Waals surface area contributed by atoms with Crippen LogP contribution in [-0.4, -0.2) is 16.2 Å². The molecule has 5 heteroatoms. The minimum Gasteiger partial charge on any atom is -0.457 e. The van der Waals surface area contributed by atoms with Crippen LogP contribution >= 0.6 is 0 Å². The van der Waals surface area contributed by atoms with Crippen LogP contribution < -0.4 is 14.5 Å². The number of nitrogens with zero attached hydrogens (tertiary/aromatic N) is 4. The normalized spacial score (nSPS) is 13.8. The molecular formula is C88H82N4O. The number of pyridine rings is 1. The molecule has 2 aromatic heterocycles. The molecule has 0 fully saturated rings. The zero-order chi connectivity index (χ0) is 69.8. The number of aromatic nitrogens is 2. The maximum absolute atomic E-state index is 10.5. The van der Waals surface area contributed by atoms with Gasteiger partial charge < -0.3 is 14.5 Å². The summed E-state index contributed by atoms with van der Waals surface area (Å²) in [7, 11) is 0. The van der Waals surface area contributed by atoms with Crippen molar-refractivity contribution in [3.8, 4) is 84.1 Å². The van der Waals surface area contributed by atoms with Gasteiger partial charge in [0.1, 0.15) is 24.0 Å². The van der Waals surface area contributed by atoms with E-state index in [1.807, 2.05) is 108 Å². The van der Waals surface area contributed by atoms with Gasteiger partial charge in [0.25, 0.3) is 0 Å². The van der Waals surface area contributed by atoms with Crippen LogP contribution in [0.5, 0.6) is 11.5 Å². The summed E-state index contributed by atoms with van der Waals surface area (Å²) in [5, 5.41) is 0.998. The predicted molar refractivity (Wildman–Crippen MR) is 395 cm³/mol. The third-order valence-corrected chi connectivity index (χ3v) is 18.0. The van der Waals surface area contributed by atoms with Crippen molar-refractivity contribution in [3.05, 3.63) is 289 Å². The van der Waals surface area contributed by atoms with Gasteiger partial charge in [0, 0.05) is 45.9 Å². The summed E-state index contributed by atoms with van der Waals surface area (Å²) in [6.45, 7) is 28.1. The molecule has 1 aliphatic rings. The molecule has 13 aromatic rings. The summed E-state index contributed by atoms with van der Waals surface area (Å²) >= 11 is 0. The van der Waals surface area contributed by atoms with Gasteiger partial charge in [-0.25, -0.2) is 4.98 Å². The van der Waals surface area contributed by atoms with E-state index in [0.717, 1.165) is 56.1 Å². The highest BCUT2D eigenvalue weighted by Gasteiger charge is 2.42. The summed E-state index contributed by atoms with van der Waals surface area (Å²) in [6, 6.07) is 76.1.